The largest absolute Gasteiger partial charge is 0.396 e. The molecule has 1 atom stereocenters. The van der Waals surface area contributed by atoms with Crippen LogP contribution in [-0.4, -0.2) is 22.6 Å². The molecule has 1 amide bonds. The smallest absolute Gasteiger partial charge is 0.253 e. The van der Waals surface area contributed by atoms with Crippen molar-refractivity contribution in [3.8, 4) is 0 Å². The van der Waals surface area contributed by atoms with Crippen LogP contribution in [0.25, 0.3) is 0 Å². The van der Waals surface area contributed by atoms with Gasteiger partial charge in [-0.3, -0.25) is 4.79 Å². The Balaban J connectivity index is 2.14. The number of carbonyl (C=O) groups is 1. The number of amides is 1. The second kappa shape index (κ2) is 6.20. The van der Waals surface area contributed by atoms with Crippen molar-refractivity contribution in [3.63, 3.8) is 0 Å². The molecule has 1 aromatic heterocycles. The van der Waals surface area contributed by atoms with Crippen LogP contribution in [0.5, 0.6) is 0 Å². The molecular formula is C15H18N2O2. The number of H-pyrrole nitrogens is 1. The molecule has 4 nitrogen and oxygen atoms in total. The van der Waals surface area contributed by atoms with Crippen molar-refractivity contribution in [1.29, 1.82) is 0 Å². The zero-order valence-corrected chi connectivity index (χ0v) is 10.9. The van der Waals surface area contributed by atoms with Gasteiger partial charge in [-0.05, 0) is 25.0 Å². The summed E-state index contributed by atoms with van der Waals surface area (Å²) in [6, 6.07) is 11.3. The fraction of sp³-hybridized carbons (Fsp3) is 0.267. The van der Waals surface area contributed by atoms with Crippen molar-refractivity contribution >= 4 is 5.91 Å². The number of aryl methyl sites for hydroxylation is 1. The van der Waals surface area contributed by atoms with Gasteiger partial charge in [0.2, 0.25) is 0 Å². The third kappa shape index (κ3) is 3.23. The molecule has 19 heavy (non-hydrogen) atoms. The third-order valence-corrected chi connectivity index (χ3v) is 3.12. The van der Waals surface area contributed by atoms with Crippen LogP contribution in [-0.2, 0) is 0 Å². The van der Waals surface area contributed by atoms with E-state index in [1.807, 2.05) is 37.3 Å². The molecule has 0 spiro atoms. The lowest BCUT2D eigenvalue weighted by Crippen LogP contribution is -2.29. The van der Waals surface area contributed by atoms with Gasteiger partial charge in [-0.2, -0.15) is 0 Å². The van der Waals surface area contributed by atoms with Crippen molar-refractivity contribution in [3.05, 3.63) is 59.4 Å². The van der Waals surface area contributed by atoms with Gasteiger partial charge in [0.05, 0.1) is 11.6 Å². The van der Waals surface area contributed by atoms with Crippen LogP contribution in [0.15, 0.2) is 42.6 Å². The van der Waals surface area contributed by atoms with Crippen LogP contribution in [0.1, 0.15) is 34.1 Å². The summed E-state index contributed by atoms with van der Waals surface area (Å²) < 4.78 is 0. The van der Waals surface area contributed by atoms with Gasteiger partial charge in [0.15, 0.2) is 0 Å². The Morgan fingerprint density at radius 2 is 2.05 bits per heavy atom. The predicted molar refractivity (Wildman–Crippen MR) is 73.9 cm³/mol. The van der Waals surface area contributed by atoms with E-state index in [1.54, 1.807) is 12.3 Å². The molecule has 1 unspecified atom stereocenters. The highest BCUT2D eigenvalue weighted by molar-refractivity contribution is 5.95. The lowest BCUT2D eigenvalue weighted by molar-refractivity contribution is 0.0929. The van der Waals surface area contributed by atoms with E-state index in [-0.39, 0.29) is 18.6 Å². The lowest BCUT2D eigenvalue weighted by Gasteiger charge is -2.18. The van der Waals surface area contributed by atoms with Crippen LogP contribution >= 0.6 is 0 Å². The van der Waals surface area contributed by atoms with E-state index in [2.05, 4.69) is 10.3 Å². The maximum Gasteiger partial charge on any atom is 0.253 e. The van der Waals surface area contributed by atoms with Crippen LogP contribution in [0.3, 0.4) is 0 Å². The highest BCUT2D eigenvalue weighted by Gasteiger charge is 2.16. The summed E-state index contributed by atoms with van der Waals surface area (Å²) >= 11 is 0. The third-order valence-electron chi connectivity index (χ3n) is 3.12. The number of hydrogen-bond donors (Lipinski definition) is 3. The molecule has 2 rings (SSSR count). The van der Waals surface area contributed by atoms with Crippen LogP contribution in [0.4, 0.5) is 0 Å². The number of carbonyl (C=O) groups excluding carboxylic acids is 1. The Hall–Kier alpha value is -2.07. The van der Waals surface area contributed by atoms with Crippen molar-refractivity contribution in [1.82, 2.24) is 10.3 Å². The van der Waals surface area contributed by atoms with Crippen LogP contribution in [0.2, 0.25) is 0 Å². The minimum Gasteiger partial charge on any atom is -0.396 e. The Bertz CT molecular complexity index is 534. The number of hydrogen-bond acceptors (Lipinski definition) is 2. The molecule has 100 valence electrons. The fourth-order valence-electron chi connectivity index (χ4n) is 2.07. The van der Waals surface area contributed by atoms with Gasteiger partial charge in [-0.25, -0.2) is 0 Å². The normalized spacial score (nSPS) is 12.1. The molecule has 0 fully saturated rings. The van der Waals surface area contributed by atoms with E-state index in [9.17, 15) is 4.79 Å². The topological polar surface area (TPSA) is 65.1 Å². The number of benzene rings is 1. The average Bonchev–Trinajstić information content (AvgIpc) is 2.85. The second-order valence-electron chi connectivity index (χ2n) is 4.47. The van der Waals surface area contributed by atoms with Gasteiger partial charge >= 0.3 is 0 Å². The fourth-order valence-corrected chi connectivity index (χ4v) is 2.07. The van der Waals surface area contributed by atoms with Crippen molar-refractivity contribution < 1.29 is 9.90 Å². The van der Waals surface area contributed by atoms with Crippen LogP contribution in [0, 0.1) is 6.92 Å². The quantitative estimate of drug-likeness (QED) is 0.769. The highest BCUT2D eigenvalue weighted by atomic mass is 16.3. The number of aromatic nitrogens is 1. The van der Waals surface area contributed by atoms with Gasteiger partial charge in [0, 0.05) is 18.5 Å². The number of aromatic amines is 1. The SMILES string of the molecule is Cc1[nH]ccc1C(=O)NC(CCO)c1ccccc1. The number of nitrogens with one attached hydrogen (secondary N) is 2. The molecule has 0 bridgehead atoms. The summed E-state index contributed by atoms with van der Waals surface area (Å²) in [4.78, 5) is 15.2. The minimum absolute atomic E-state index is 0.0337. The maximum absolute atomic E-state index is 12.2. The Kier molecular flexibility index (Phi) is 4.36. The molecule has 0 aliphatic heterocycles. The first-order valence-corrected chi connectivity index (χ1v) is 6.33. The van der Waals surface area contributed by atoms with E-state index >= 15 is 0 Å². The van der Waals surface area contributed by atoms with Crippen LogP contribution < -0.4 is 5.32 Å². The molecule has 0 aliphatic carbocycles. The summed E-state index contributed by atoms with van der Waals surface area (Å²) in [7, 11) is 0. The summed E-state index contributed by atoms with van der Waals surface area (Å²) in [5.41, 5.74) is 2.48. The highest BCUT2D eigenvalue weighted by Crippen LogP contribution is 2.17. The molecule has 2 aromatic rings. The number of rotatable bonds is 5. The molecule has 0 saturated heterocycles. The Morgan fingerprint density at radius 1 is 1.32 bits per heavy atom. The zero-order valence-electron chi connectivity index (χ0n) is 10.9. The summed E-state index contributed by atoms with van der Waals surface area (Å²) in [6.07, 6.45) is 2.24. The Morgan fingerprint density at radius 3 is 2.63 bits per heavy atom. The van der Waals surface area contributed by atoms with E-state index < -0.39 is 0 Å². The monoisotopic (exact) mass is 258 g/mol. The number of aliphatic hydroxyl groups is 1. The van der Waals surface area contributed by atoms with Gasteiger partial charge in [0.1, 0.15) is 0 Å². The summed E-state index contributed by atoms with van der Waals surface area (Å²) in [6.45, 7) is 1.89. The molecule has 1 aromatic carbocycles. The zero-order chi connectivity index (χ0) is 13.7. The summed E-state index contributed by atoms with van der Waals surface area (Å²) in [5.74, 6) is -0.124. The molecular weight excluding hydrogens is 240 g/mol. The van der Waals surface area contributed by atoms with Gasteiger partial charge in [-0.1, -0.05) is 30.3 Å². The predicted octanol–water partition coefficient (Wildman–Crippen LogP) is 2.18. The lowest BCUT2D eigenvalue weighted by atomic mass is 10.0. The van der Waals surface area contributed by atoms with Gasteiger partial charge < -0.3 is 15.4 Å². The first-order chi connectivity index (χ1) is 9.22. The van der Waals surface area contributed by atoms with E-state index in [0.717, 1.165) is 11.3 Å². The minimum atomic E-state index is -0.173. The first-order valence-electron chi connectivity index (χ1n) is 6.33. The van der Waals surface area contributed by atoms with E-state index in [4.69, 9.17) is 5.11 Å². The standard InChI is InChI=1S/C15H18N2O2/c1-11-13(7-9-16-11)15(19)17-14(8-10-18)12-5-3-2-4-6-12/h2-7,9,14,16,18H,8,10H2,1H3,(H,17,19). The second-order valence-corrected chi connectivity index (χ2v) is 4.47. The summed E-state index contributed by atoms with van der Waals surface area (Å²) in [5, 5.41) is 12.1. The van der Waals surface area contributed by atoms with Gasteiger partial charge in [0.25, 0.3) is 5.91 Å². The van der Waals surface area contributed by atoms with E-state index in [1.165, 1.54) is 0 Å². The first kappa shape index (κ1) is 13.4. The van der Waals surface area contributed by atoms with E-state index in [0.29, 0.717) is 12.0 Å². The molecule has 1 heterocycles. The molecule has 4 heteroatoms. The molecule has 0 radical (unpaired) electrons. The molecule has 3 N–H and O–H groups in total. The van der Waals surface area contributed by atoms with Crippen molar-refractivity contribution in [2.24, 2.45) is 0 Å². The molecule has 0 aliphatic rings. The molecule has 0 saturated carbocycles. The average molecular weight is 258 g/mol. The van der Waals surface area contributed by atoms with Gasteiger partial charge in [-0.15, -0.1) is 0 Å². The Labute approximate surface area is 112 Å². The van der Waals surface area contributed by atoms with Crippen molar-refractivity contribution in [2.45, 2.75) is 19.4 Å². The number of aliphatic hydroxyl groups excluding tert-OH is 1. The van der Waals surface area contributed by atoms with Crippen molar-refractivity contribution in [2.75, 3.05) is 6.61 Å². The maximum atomic E-state index is 12.2.